The maximum absolute atomic E-state index is 11.7. The van der Waals surface area contributed by atoms with E-state index >= 15 is 0 Å². The number of methoxy groups -OCH3 is 1. The highest BCUT2D eigenvalue weighted by Crippen LogP contribution is 2.15. The summed E-state index contributed by atoms with van der Waals surface area (Å²) in [5.74, 6) is -1.50. The first-order chi connectivity index (χ1) is 9.92. The Labute approximate surface area is 121 Å². The number of nitrogens with one attached hydrogen (secondary N) is 2. The Bertz CT molecular complexity index is 533. The second kappa shape index (κ2) is 7.98. The summed E-state index contributed by atoms with van der Waals surface area (Å²) < 4.78 is 4.70. The highest BCUT2D eigenvalue weighted by molar-refractivity contribution is 5.98. The summed E-state index contributed by atoms with van der Waals surface area (Å²) in [7, 11) is 1.41. The summed E-state index contributed by atoms with van der Waals surface area (Å²) in [5, 5.41) is 5.14. The van der Waals surface area contributed by atoms with Crippen molar-refractivity contribution in [1.82, 2.24) is 0 Å². The van der Waals surface area contributed by atoms with Crippen LogP contribution in [0.1, 0.15) is 6.42 Å². The first-order valence-corrected chi connectivity index (χ1v) is 6.16. The molecule has 21 heavy (non-hydrogen) atoms. The van der Waals surface area contributed by atoms with Crippen LogP contribution < -0.4 is 22.1 Å². The molecule has 1 atom stereocenters. The largest absolute Gasteiger partial charge is 0.375 e. The van der Waals surface area contributed by atoms with Crippen LogP contribution in [0.4, 0.5) is 11.4 Å². The van der Waals surface area contributed by atoms with Gasteiger partial charge in [-0.1, -0.05) is 6.07 Å². The van der Waals surface area contributed by atoms with Gasteiger partial charge in [-0.3, -0.25) is 14.4 Å². The van der Waals surface area contributed by atoms with Gasteiger partial charge in [-0.15, -0.1) is 0 Å². The van der Waals surface area contributed by atoms with Crippen molar-refractivity contribution in [3.05, 3.63) is 24.3 Å². The third-order valence-corrected chi connectivity index (χ3v) is 2.45. The zero-order chi connectivity index (χ0) is 15.8. The predicted octanol–water partition coefficient (Wildman–Crippen LogP) is -0.587. The summed E-state index contributed by atoms with van der Waals surface area (Å²) in [6.07, 6.45) is -0.240. The molecule has 0 bridgehead atoms. The van der Waals surface area contributed by atoms with E-state index in [4.69, 9.17) is 16.2 Å². The fourth-order valence-electron chi connectivity index (χ4n) is 1.55. The van der Waals surface area contributed by atoms with Crippen LogP contribution in [0.5, 0.6) is 0 Å². The van der Waals surface area contributed by atoms with Crippen molar-refractivity contribution in [2.75, 3.05) is 24.4 Å². The molecule has 3 amide bonds. The average molecular weight is 294 g/mol. The van der Waals surface area contributed by atoms with Crippen LogP contribution in [0.25, 0.3) is 0 Å². The van der Waals surface area contributed by atoms with Crippen LogP contribution in [0.2, 0.25) is 0 Å². The van der Waals surface area contributed by atoms with Crippen LogP contribution in [-0.2, 0) is 19.1 Å². The number of benzene rings is 1. The highest BCUT2D eigenvalue weighted by Gasteiger charge is 2.16. The zero-order valence-electron chi connectivity index (χ0n) is 11.6. The molecule has 1 rings (SSSR count). The number of hydrogen-bond acceptors (Lipinski definition) is 5. The van der Waals surface area contributed by atoms with Gasteiger partial charge in [0.05, 0.1) is 12.5 Å². The molecule has 8 heteroatoms. The quantitative estimate of drug-likeness (QED) is 0.533. The maximum Gasteiger partial charge on any atom is 0.250 e. The number of hydrogen-bond donors (Lipinski definition) is 4. The molecule has 8 nitrogen and oxygen atoms in total. The molecule has 1 aromatic carbocycles. The summed E-state index contributed by atoms with van der Waals surface area (Å²) >= 11 is 0. The van der Waals surface area contributed by atoms with Gasteiger partial charge in [-0.2, -0.15) is 0 Å². The number of ether oxygens (including phenoxy) is 1. The Morgan fingerprint density at radius 1 is 1.24 bits per heavy atom. The van der Waals surface area contributed by atoms with Gasteiger partial charge in [-0.25, -0.2) is 0 Å². The van der Waals surface area contributed by atoms with Crippen molar-refractivity contribution in [3.63, 3.8) is 0 Å². The molecule has 0 radical (unpaired) electrons. The molecule has 0 heterocycles. The van der Waals surface area contributed by atoms with E-state index in [1.165, 1.54) is 7.11 Å². The van der Waals surface area contributed by atoms with Crippen molar-refractivity contribution in [2.24, 2.45) is 11.5 Å². The first-order valence-electron chi connectivity index (χ1n) is 6.16. The minimum Gasteiger partial charge on any atom is -0.375 e. The van der Waals surface area contributed by atoms with E-state index in [2.05, 4.69) is 10.6 Å². The molecule has 0 saturated heterocycles. The smallest absolute Gasteiger partial charge is 0.250 e. The normalized spacial score (nSPS) is 11.5. The Balaban J connectivity index is 2.65. The number of nitrogens with two attached hydrogens (primary N) is 2. The minimum atomic E-state index is -1.02. The van der Waals surface area contributed by atoms with Gasteiger partial charge >= 0.3 is 0 Å². The van der Waals surface area contributed by atoms with E-state index in [0.29, 0.717) is 11.4 Å². The van der Waals surface area contributed by atoms with Gasteiger partial charge in [-0.05, 0) is 18.2 Å². The van der Waals surface area contributed by atoms with Gasteiger partial charge < -0.3 is 26.8 Å². The molecule has 0 spiro atoms. The van der Waals surface area contributed by atoms with Crippen molar-refractivity contribution in [2.45, 2.75) is 12.5 Å². The van der Waals surface area contributed by atoms with E-state index in [1.807, 2.05) is 0 Å². The molecule has 1 aromatic rings. The number of anilines is 2. The molecule has 6 N–H and O–H groups in total. The zero-order valence-corrected chi connectivity index (χ0v) is 11.6. The van der Waals surface area contributed by atoms with Crippen LogP contribution in [0.15, 0.2) is 24.3 Å². The van der Waals surface area contributed by atoms with Gasteiger partial charge in [0.25, 0.3) is 0 Å². The van der Waals surface area contributed by atoms with Crippen molar-refractivity contribution in [1.29, 1.82) is 0 Å². The third-order valence-electron chi connectivity index (χ3n) is 2.45. The van der Waals surface area contributed by atoms with E-state index in [-0.39, 0.29) is 18.9 Å². The Morgan fingerprint density at radius 3 is 2.43 bits per heavy atom. The van der Waals surface area contributed by atoms with Crippen LogP contribution in [0, 0.1) is 0 Å². The molecule has 1 unspecified atom stereocenters. The fraction of sp³-hybridized carbons (Fsp3) is 0.308. The Morgan fingerprint density at radius 2 is 1.86 bits per heavy atom. The van der Waals surface area contributed by atoms with Crippen molar-refractivity contribution >= 4 is 29.1 Å². The van der Waals surface area contributed by atoms with Gasteiger partial charge in [0.1, 0.15) is 6.61 Å². The SMILES string of the molecule is COCC(=O)Nc1cccc(NC(=O)C(N)CC(N)=O)c1. The monoisotopic (exact) mass is 294 g/mol. The molecule has 114 valence electrons. The molecule has 0 aromatic heterocycles. The molecular weight excluding hydrogens is 276 g/mol. The second-order valence-corrected chi connectivity index (χ2v) is 4.33. The molecule has 0 fully saturated rings. The highest BCUT2D eigenvalue weighted by atomic mass is 16.5. The summed E-state index contributed by atoms with van der Waals surface area (Å²) in [5.41, 5.74) is 11.4. The number of amides is 3. The van der Waals surface area contributed by atoms with Gasteiger partial charge in [0.2, 0.25) is 17.7 Å². The summed E-state index contributed by atoms with van der Waals surface area (Å²) in [6, 6.07) is 5.47. The summed E-state index contributed by atoms with van der Waals surface area (Å²) in [6.45, 7) is -0.0694. The third kappa shape index (κ3) is 6.02. The Kier molecular flexibility index (Phi) is 6.31. The minimum absolute atomic E-state index is 0.0694. The second-order valence-electron chi connectivity index (χ2n) is 4.33. The number of carbonyl (C=O) groups is 3. The van der Waals surface area contributed by atoms with Crippen molar-refractivity contribution in [3.8, 4) is 0 Å². The lowest BCUT2D eigenvalue weighted by molar-refractivity contribution is -0.123. The van der Waals surface area contributed by atoms with E-state index in [1.54, 1.807) is 24.3 Å². The predicted molar refractivity (Wildman–Crippen MR) is 77.4 cm³/mol. The van der Waals surface area contributed by atoms with Crippen LogP contribution >= 0.6 is 0 Å². The molecule has 0 aliphatic rings. The first kappa shape index (κ1) is 16.6. The number of rotatable bonds is 7. The number of primary amides is 1. The summed E-state index contributed by atoms with van der Waals surface area (Å²) in [4.78, 5) is 33.8. The Hall–Kier alpha value is -2.45. The lowest BCUT2D eigenvalue weighted by Gasteiger charge is -2.12. The van der Waals surface area contributed by atoms with Crippen molar-refractivity contribution < 1.29 is 19.1 Å². The molecular formula is C13H18N4O4. The van der Waals surface area contributed by atoms with Gasteiger partial charge in [0, 0.05) is 18.5 Å². The molecule has 0 aliphatic carbocycles. The lowest BCUT2D eigenvalue weighted by atomic mass is 10.2. The molecule has 0 aliphatic heterocycles. The lowest BCUT2D eigenvalue weighted by Crippen LogP contribution is -2.39. The standard InChI is InChI=1S/C13H18N4O4/c1-21-7-12(19)16-8-3-2-4-9(5-8)17-13(20)10(14)6-11(15)18/h2-5,10H,6-7,14H2,1H3,(H2,15,18)(H,16,19)(H,17,20). The molecule has 0 saturated carbocycles. The van der Waals surface area contributed by atoms with E-state index in [9.17, 15) is 14.4 Å². The number of carbonyl (C=O) groups excluding carboxylic acids is 3. The van der Waals surface area contributed by atoms with E-state index < -0.39 is 17.9 Å². The van der Waals surface area contributed by atoms with Crippen LogP contribution in [0.3, 0.4) is 0 Å². The van der Waals surface area contributed by atoms with E-state index in [0.717, 1.165) is 0 Å². The average Bonchev–Trinajstić information content (AvgIpc) is 2.38. The van der Waals surface area contributed by atoms with Gasteiger partial charge in [0.15, 0.2) is 0 Å². The maximum atomic E-state index is 11.7. The fourth-order valence-corrected chi connectivity index (χ4v) is 1.55. The van der Waals surface area contributed by atoms with Crippen LogP contribution in [-0.4, -0.2) is 37.5 Å². The topological polar surface area (TPSA) is 137 Å².